The summed E-state index contributed by atoms with van der Waals surface area (Å²) in [4.78, 5) is 0. The predicted octanol–water partition coefficient (Wildman–Crippen LogP) is 4.14. The topological polar surface area (TPSA) is 26.0 Å². The van der Waals surface area contributed by atoms with Crippen LogP contribution in [0.4, 0.5) is 8.78 Å². The van der Waals surface area contributed by atoms with Crippen LogP contribution in [0.25, 0.3) is 0 Å². The molecular formula is C15H14BrF2N. The fourth-order valence-electron chi connectivity index (χ4n) is 2.08. The van der Waals surface area contributed by atoms with Gasteiger partial charge in [0.2, 0.25) is 0 Å². The van der Waals surface area contributed by atoms with Gasteiger partial charge < -0.3 is 5.73 Å². The zero-order chi connectivity index (χ0) is 14.0. The van der Waals surface area contributed by atoms with Crippen LogP contribution in [0.3, 0.4) is 0 Å². The zero-order valence-corrected chi connectivity index (χ0v) is 12.0. The minimum atomic E-state index is -0.958. The molecule has 0 aliphatic rings. The Kier molecular flexibility index (Phi) is 4.02. The van der Waals surface area contributed by atoms with Gasteiger partial charge in [0.05, 0.1) is 0 Å². The molecule has 0 spiro atoms. The standard InChI is InChI=1S/C15H14BrF2N/c1-15(19,12-4-2-3-5-13(12)17)9-10-6-7-11(16)8-14(10)18/h2-8H,9,19H2,1H3. The highest BCUT2D eigenvalue weighted by Crippen LogP contribution is 2.27. The van der Waals surface area contributed by atoms with Gasteiger partial charge in [-0.15, -0.1) is 0 Å². The molecule has 2 aromatic rings. The van der Waals surface area contributed by atoms with Gasteiger partial charge in [-0.3, -0.25) is 0 Å². The lowest BCUT2D eigenvalue weighted by Crippen LogP contribution is -2.36. The molecule has 1 nitrogen and oxygen atoms in total. The van der Waals surface area contributed by atoms with Crippen LogP contribution >= 0.6 is 15.9 Å². The Hall–Kier alpha value is -1.26. The Morgan fingerprint density at radius 3 is 2.42 bits per heavy atom. The van der Waals surface area contributed by atoms with Crippen molar-refractivity contribution >= 4 is 15.9 Å². The molecule has 19 heavy (non-hydrogen) atoms. The summed E-state index contributed by atoms with van der Waals surface area (Å²) in [6, 6.07) is 11.1. The second-order valence-electron chi connectivity index (χ2n) is 4.81. The smallest absolute Gasteiger partial charge is 0.128 e. The molecule has 2 N–H and O–H groups in total. The Morgan fingerprint density at radius 2 is 1.79 bits per heavy atom. The van der Waals surface area contributed by atoms with E-state index in [1.54, 1.807) is 37.3 Å². The molecule has 0 amide bonds. The van der Waals surface area contributed by atoms with Crippen LogP contribution < -0.4 is 5.73 Å². The summed E-state index contributed by atoms with van der Waals surface area (Å²) in [6.45, 7) is 1.70. The normalized spacial score (nSPS) is 14.2. The number of nitrogens with two attached hydrogens (primary N) is 1. The van der Waals surface area contributed by atoms with Crippen molar-refractivity contribution in [3.05, 3.63) is 69.7 Å². The lowest BCUT2D eigenvalue weighted by Gasteiger charge is -2.26. The molecule has 0 radical (unpaired) electrons. The number of halogens is 3. The van der Waals surface area contributed by atoms with Crippen molar-refractivity contribution in [2.45, 2.75) is 18.9 Å². The van der Waals surface area contributed by atoms with Gasteiger partial charge in [-0.1, -0.05) is 40.2 Å². The lowest BCUT2D eigenvalue weighted by atomic mass is 9.86. The average Bonchev–Trinajstić information content (AvgIpc) is 2.33. The van der Waals surface area contributed by atoms with Crippen LogP contribution in [-0.2, 0) is 12.0 Å². The third kappa shape index (κ3) is 3.19. The van der Waals surface area contributed by atoms with Crippen molar-refractivity contribution in [2.24, 2.45) is 5.73 Å². The van der Waals surface area contributed by atoms with Crippen molar-refractivity contribution in [1.82, 2.24) is 0 Å². The number of rotatable bonds is 3. The van der Waals surface area contributed by atoms with Crippen molar-refractivity contribution < 1.29 is 8.78 Å². The van der Waals surface area contributed by atoms with E-state index < -0.39 is 5.54 Å². The van der Waals surface area contributed by atoms with Gasteiger partial charge in [0.1, 0.15) is 11.6 Å². The first-order valence-electron chi connectivity index (χ1n) is 5.88. The maximum atomic E-state index is 13.8. The van der Waals surface area contributed by atoms with E-state index in [0.29, 0.717) is 15.6 Å². The van der Waals surface area contributed by atoms with Crippen LogP contribution in [0.1, 0.15) is 18.1 Å². The van der Waals surface area contributed by atoms with Gasteiger partial charge in [0.25, 0.3) is 0 Å². The fourth-order valence-corrected chi connectivity index (χ4v) is 2.41. The fraction of sp³-hybridized carbons (Fsp3) is 0.200. The molecule has 0 fully saturated rings. The van der Waals surface area contributed by atoms with E-state index in [2.05, 4.69) is 15.9 Å². The first kappa shape index (κ1) is 14.2. The average molecular weight is 326 g/mol. The third-order valence-electron chi connectivity index (χ3n) is 3.06. The van der Waals surface area contributed by atoms with E-state index in [-0.39, 0.29) is 18.1 Å². The Balaban J connectivity index is 2.33. The second-order valence-corrected chi connectivity index (χ2v) is 5.73. The Morgan fingerprint density at radius 1 is 1.11 bits per heavy atom. The van der Waals surface area contributed by atoms with E-state index >= 15 is 0 Å². The summed E-state index contributed by atoms with van der Waals surface area (Å²) >= 11 is 3.20. The maximum absolute atomic E-state index is 13.8. The Labute approximate surface area is 119 Å². The summed E-state index contributed by atoms with van der Waals surface area (Å²) < 4.78 is 28.3. The molecule has 0 aliphatic carbocycles. The van der Waals surface area contributed by atoms with Crippen LogP contribution in [0.5, 0.6) is 0 Å². The number of hydrogen-bond donors (Lipinski definition) is 1. The highest BCUT2D eigenvalue weighted by atomic mass is 79.9. The van der Waals surface area contributed by atoms with Gasteiger partial charge in [-0.2, -0.15) is 0 Å². The zero-order valence-electron chi connectivity index (χ0n) is 10.5. The van der Waals surface area contributed by atoms with Gasteiger partial charge in [-0.25, -0.2) is 8.78 Å². The molecule has 100 valence electrons. The minimum absolute atomic E-state index is 0.229. The molecule has 0 aliphatic heterocycles. The molecule has 0 saturated carbocycles. The van der Waals surface area contributed by atoms with Crippen molar-refractivity contribution in [3.8, 4) is 0 Å². The maximum Gasteiger partial charge on any atom is 0.128 e. The SMILES string of the molecule is CC(N)(Cc1ccc(Br)cc1F)c1ccccc1F. The van der Waals surface area contributed by atoms with E-state index in [9.17, 15) is 8.78 Å². The van der Waals surface area contributed by atoms with E-state index in [4.69, 9.17) is 5.73 Å². The largest absolute Gasteiger partial charge is 0.321 e. The van der Waals surface area contributed by atoms with E-state index in [1.165, 1.54) is 12.1 Å². The van der Waals surface area contributed by atoms with Crippen molar-refractivity contribution in [2.75, 3.05) is 0 Å². The van der Waals surface area contributed by atoms with Gasteiger partial charge >= 0.3 is 0 Å². The summed E-state index contributed by atoms with van der Waals surface area (Å²) in [5.41, 5.74) is 6.06. The highest BCUT2D eigenvalue weighted by Gasteiger charge is 2.26. The monoisotopic (exact) mass is 325 g/mol. The molecule has 2 aromatic carbocycles. The minimum Gasteiger partial charge on any atom is -0.321 e. The van der Waals surface area contributed by atoms with Crippen molar-refractivity contribution in [1.29, 1.82) is 0 Å². The Bertz CT molecular complexity index is 596. The molecule has 1 unspecified atom stereocenters. The number of benzene rings is 2. The quantitative estimate of drug-likeness (QED) is 0.901. The summed E-state index contributed by atoms with van der Waals surface area (Å²) in [5, 5.41) is 0. The predicted molar refractivity (Wildman–Crippen MR) is 75.7 cm³/mol. The first-order chi connectivity index (χ1) is 8.90. The molecule has 0 heterocycles. The second kappa shape index (κ2) is 5.39. The van der Waals surface area contributed by atoms with Gasteiger partial charge in [0, 0.05) is 15.6 Å². The van der Waals surface area contributed by atoms with Crippen LogP contribution in [0, 0.1) is 11.6 Å². The molecule has 0 saturated heterocycles. The summed E-state index contributed by atoms with van der Waals surface area (Å²) in [5.74, 6) is -0.715. The number of hydrogen-bond acceptors (Lipinski definition) is 1. The molecule has 1 atom stereocenters. The molecule has 0 bridgehead atoms. The van der Waals surface area contributed by atoms with Crippen LogP contribution in [0.2, 0.25) is 0 Å². The van der Waals surface area contributed by atoms with Crippen LogP contribution in [-0.4, -0.2) is 0 Å². The molecule has 2 rings (SSSR count). The lowest BCUT2D eigenvalue weighted by molar-refractivity contribution is 0.447. The summed E-state index contributed by atoms with van der Waals surface area (Å²) in [6.07, 6.45) is 0.229. The highest BCUT2D eigenvalue weighted by molar-refractivity contribution is 9.10. The van der Waals surface area contributed by atoms with Crippen molar-refractivity contribution in [3.63, 3.8) is 0 Å². The van der Waals surface area contributed by atoms with Gasteiger partial charge in [0.15, 0.2) is 0 Å². The molecule has 0 aromatic heterocycles. The van der Waals surface area contributed by atoms with E-state index in [0.717, 1.165) is 0 Å². The first-order valence-corrected chi connectivity index (χ1v) is 6.67. The van der Waals surface area contributed by atoms with Gasteiger partial charge in [-0.05, 0) is 37.1 Å². The molecule has 4 heteroatoms. The van der Waals surface area contributed by atoms with Crippen LogP contribution in [0.15, 0.2) is 46.9 Å². The third-order valence-corrected chi connectivity index (χ3v) is 3.56. The summed E-state index contributed by atoms with van der Waals surface area (Å²) in [7, 11) is 0. The molecular weight excluding hydrogens is 312 g/mol. The van der Waals surface area contributed by atoms with E-state index in [1.807, 2.05) is 0 Å².